The van der Waals surface area contributed by atoms with Crippen molar-refractivity contribution in [1.82, 2.24) is 34.4 Å². The highest BCUT2D eigenvalue weighted by atomic mass is 16.5. The van der Waals surface area contributed by atoms with Gasteiger partial charge in [0, 0.05) is 25.0 Å². The number of aromatic amines is 1. The molecule has 3 atom stereocenters. The molecule has 11 heteroatoms. The molecule has 2 aliphatic rings. The largest absolute Gasteiger partial charge is 0.382 e. The van der Waals surface area contributed by atoms with Crippen molar-refractivity contribution in [2.75, 3.05) is 12.3 Å². The number of ketones is 1. The molecule has 4 N–H and O–H groups in total. The summed E-state index contributed by atoms with van der Waals surface area (Å²) in [5.74, 6) is 1.49. The molecular formula is C30H40N8O3. The van der Waals surface area contributed by atoms with Crippen molar-refractivity contribution < 1.29 is 14.6 Å². The van der Waals surface area contributed by atoms with E-state index in [0.29, 0.717) is 29.7 Å². The normalized spacial score (nSPS) is 25.2. The lowest BCUT2D eigenvalue weighted by Gasteiger charge is -2.46. The number of nitrogens with one attached hydrogen (secondary N) is 1. The monoisotopic (exact) mass is 560 g/mol. The number of hydrogen-bond acceptors (Lipinski definition) is 9. The minimum absolute atomic E-state index is 0.105. The fourth-order valence-electron chi connectivity index (χ4n) is 6.21. The summed E-state index contributed by atoms with van der Waals surface area (Å²) >= 11 is 0. The highest BCUT2D eigenvalue weighted by molar-refractivity contribution is 5.90. The number of fused-ring (bicyclic) bond motifs is 2. The lowest BCUT2D eigenvalue weighted by Crippen LogP contribution is -2.52. The molecule has 2 fully saturated rings. The third-order valence-electron chi connectivity index (χ3n) is 8.75. The molecule has 41 heavy (non-hydrogen) atoms. The van der Waals surface area contributed by atoms with Crippen LogP contribution in [0.15, 0.2) is 30.9 Å². The number of H-pyrrole nitrogens is 1. The van der Waals surface area contributed by atoms with E-state index in [2.05, 4.69) is 77.7 Å². The molecule has 11 nitrogen and oxygen atoms in total. The van der Waals surface area contributed by atoms with E-state index in [-0.39, 0.29) is 17.3 Å². The maximum atomic E-state index is 13.0. The molecule has 0 spiro atoms. The Labute approximate surface area is 239 Å². The maximum Gasteiger partial charge on any atom is 0.213 e. The fraction of sp³-hybridized carbons (Fsp3) is 0.567. The Kier molecular flexibility index (Phi) is 7.07. The van der Waals surface area contributed by atoms with E-state index < -0.39 is 24.2 Å². The molecule has 4 aromatic rings. The smallest absolute Gasteiger partial charge is 0.213 e. The number of ether oxygens (including phenoxy) is 1. The Hall–Kier alpha value is -3.41. The van der Waals surface area contributed by atoms with Crippen molar-refractivity contribution in [3.05, 3.63) is 42.2 Å². The molecule has 4 heterocycles. The van der Waals surface area contributed by atoms with Crippen LogP contribution in [-0.4, -0.2) is 76.1 Å². The lowest BCUT2D eigenvalue weighted by molar-refractivity contribution is -0.130. The van der Waals surface area contributed by atoms with Crippen molar-refractivity contribution in [3.63, 3.8) is 0 Å². The molecule has 1 aliphatic carbocycles. The van der Waals surface area contributed by atoms with E-state index >= 15 is 0 Å². The standard InChI is InChI=1S/C30H40N8O3/c1-16(2)37(13-22-25(39)26(40)29(41-22)38-15-34-24-27(31)32-14-33-28(24)38)19-10-17(11-19)6-9-23-35-20-8-7-18(30(3,4)5)12-21(20)36-23/h7-8,12,14-17,19,22,25,29,39H,6,9-11,13H2,1-5H3,(H,35,36)(H2,31,32,33)/t17?,19?,22-,25-,29-/m1/s1. The summed E-state index contributed by atoms with van der Waals surface area (Å²) < 4.78 is 7.66. The van der Waals surface area contributed by atoms with Gasteiger partial charge in [-0.05, 0) is 62.1 Å². The van der Waals surface area contributed by atoms with Crippen LogP contribution in [0.4, 0.5) is 5.82 Å². The first-order chi connectivity index (χ1) is 19.5. The van der Waals surface area contributed by atoms with Gasteiger partial charge in [-0.15, -0.1) is 0 Å². The quantitative estimate of drug-likeness (QED) is 0.294. The summed E-state index contributed by atoms with van der Waals surface area (Å²) in [4.78, 5) is 36.2. The van der Waals surface area contributed by atoms with Crippen LogP contribution >= 0.6 is 0 Å². The predicted octanol–water partition coefficient (Wildman–Crippen LogP) is 3.53. The van der Waals surface area contributed by atoms with Crippen LogP contribution in [0.5, 0.6) is 0 Å². The molecule has 1 aliphatic heterocycles. The summed E-state index contributed by atoms with van der Waals surface area (Å²) in [5, 5.41) is 10.8. The number of hydrogen-bond donors (Lipinski definition) is 3. The Balaban J connectivity index is 1.06. The average Bonchev–Trinajstić information content (AvgIpc) is 3.58. The van der Waals surface area contributed by atoms with Gasteiger partial charge < -0.3 is 20.6 Å². The van der Waals surface area contributed by atoms with Gasteiger partial charge in [0.1, 0.15) is 29.9 Å². The number of rotatable bonds is 8. The first kappa shape index (κ1) is 27.7. The van der Waals surface area contributed by atoms with Gasteiger partial charge in [-0.2, -0.15) is 0 Å². The minimum atomic E-state index is -1.22. The first-order valence-electron chi connectivity index (χ1n) is 14.5. The highest BCUT2D eigenvalue weighted by Gasteiger charge is 2.46. The molecule has 1 saturated carbocycles. The Bertz CT molecular complexity index is 1570. The SMILES string of the molecule is CC(C)N(C[C@H]1O[C@@H](n2cnc3c(N)ncnc32)C(=O)[C@@H]1O)C1CC(CCc2nc3ccc(C(C)(C)C)cc3[nH]2)C1. The zero-order chi connectivity index (χ0) is 29.1. The van der Waals surface area contributed by atoms with Crippen LogP contribution in [-0.2, 0) is 21.4 Å². The zero-order valence-corrected chi connectivity index (χ0v) is 24.4. The average molecular weight is 561 g/mol. The molecule has 0 bridgehead atoms. The second-order valence-electron chi connectivity index (χ2n) is 12.9. The van der Waals surface area contributed by atoms with Gasteiger partial charge in [-0.1, -0.05) is 26.8 Å². The Morgan fingerprint density at radius 1 is 1.22 bits per heavy atom. The van der Waals surface area contributed by atoms with E-state index in [1.165, 1.54) is 22.8 Å². The van der Waals surface area contributed by atoms with Crippen molar-refractivity contribution in [3.8, 4) is 0 Å². The Morgan fingerprint density at radius 2 is 2.00 bits per heavy atom. The summed E-state index contributed by atoms with van der Waals surface area (Å²) in [7, 11) is 0. The van der Waals surface area contributed by atoms with Crippen LogP contribution in [0.1, 0.15) is 71.5 Å². The molecule has 3 aromatic heterocycles. The number of aryl methyl sites for hydroxylation is 1. The molecule has 0 radical (unpaired) electrons. The van der Waals surface area contributed by atoms with Gasteiger partial charge in [0.25, 0.3) is 0 Å². The number of anilines is 1. The van der Waals surface area contributed by atoms with E-state index in [1.54, 1.807) is 0 Å². The first-order valence-corrected chi connectivity index (χ1v) is 14.5. The number of nitrogen functional groups attached to an aromatic ring is 1. The van der Waals surface area contributed by atoms with Gasteiger partial charge >= 0.3 is 0 Å². The molecule has 0 unspecified atom stereocenters. The van der Waals surface area contributed by atoms with Gasteiger partial charge in [-0.25, -0.2) is 19.9 Å². The van der Waals surface area contributed by atoms with Gasteiger partial charge in [-0.3, -0.25) is 14.3 Å². The maximum absolute atomic E-state index is 13.0. The summed E-state index contributed by atoms with van der Waals surface area (Å²) in [6.45, 7) is 11.4. The van der Waals surface area contributed by atoms with Gasteiger partial charge in [0.15, 0.2) is 17.7 Å². The molecule has 6 rings (SSSR count). The second-order valence-corrected chi connectivity index (χ2v) is 12.9. The summed E-state index contributed by atoms with van der Waals surface area (Å²) in [6.07, 6.45) is 4.09. The van der Waals surface area contributed by atoms with Crippen LogP contribution in [0.2, 0.25) is 0 Å². The van der Waals surface area contributed by atoms with Gasteiger partial charge in [0.05, 0.1) is 17.4 Å². The summed E-state index contributed by atoms with van der Waals surface area (Å²) in [6, 6.07) is 7.14. The number of nitrogens with zero attached hydrogens (tertiary/aromatic N) is 6. The second kappa shape index (κ2) is 10.5. The summed E-state index contributed by atoms with van der Waals surface area (Å²) in [5.41, 5.74) is 10.2. The van der Waals surface area contributed by atoms with Crippen molar-refractivity contribution >= 4 is 33.8 Å². The lowest BCUT2D eigenvalue weighted by atomic mass is 9.76. The molecule has 218 valence electrons. The number of aromatic nitrogens is 6. The van der Waals surface area contributed by atoms with E-state index in [0.717, 1.165) is 42.5 Å². The fourth-order valence-corrected chi connectivity index (χ4v) is 6.21. The van der Waals surface area contributed by atoms with Crippen molar-refractivity contribution in [1.29, 1.82) is 0 Å². The predicted molar refractivity (Wildman–Crippen MR) is 156 cm³/mol. The van der Waals surface area contributed by atoms with Gasteiger partial charge in [0.2, 0.25) is 5.78 Å². The number of aliphatic hydroxyl groups is 1. The van der Waals surface area contributed by atoms with E-state index in [9.17, 15) is 9.90 Å². The number of carbonyl (C=O) groups excluding carboxylic acids is 1. The number of benzene rings is 1. The minimum Gasteiger partial charge on any atom is -0.382 e. The molecular weight excluding hydrogens is 520 g/mol. The number of carbonyl (C=O) groups is 1. The van der Waals surface area contributed by atoms with Crippen LogP contribution in [0.3, 0.4) is 0 Å². The molecule has 1 saturated heterocycles. The van der Waals surface area contributed by atoms with E-state index in [1.807, 2.05) is 0 Å². The van der Waals surface area contributed by atoms with Crippen LogP contribution < -0.4 is 5.73 Å². The van der Waals surface area contributed by atoms with Crippen molar-refractivity contribution in [2.24, 2.45) is 5.92 Å². The topological polar surface area (TPSA) is 148 Å². The van der Waals surface area contributed by atoms with Crippen molar-refractivity contribution in [2.45, 2.75) is 96.2 Å². The molecule has 1 aromatic carbocycles. The third kappa shape index (κ3) is 5.22. The Morgan fingerprint density at radius 3 is 2.73 bits per heavy atom. The van der Waals surface area contributed by atoms with Crippen LogP contribution in [0.25, 0.3) is 22.2 Å². The third-order valence-corrected chi connectivity index (χ3v) is 8.75. The number of imidazole rings is 2. The highest BCUT2D eigenvalue weighted by Crippen LogP contribution is 2.38. The number of nitrogens with two attached hydrogens (primary N) is 1. The van der Waals surface area contributed by atoms with Crippen LogP contribution in [0, 0.1) is 5.92 Å². The number of aliphatic hydroxyl groups excluding tert-OH is 1. The number of Topliss-reactive ketones (excluding diaryl/α,β-unsaturated/α-hetero) is 1. The van der Waals surface area contributed by atoms with E-state index in [4.69, 9.17) is 15.5 Å². The zero-order valence-electron chi connectivity index (χ0n) is 24.4. The molecule has 0 amide bonds.